The van der Waals surface area contributed by atoms with Gasteiger partial charge in [0.1, 0.15) is 5.60 Å². The highest BCUT2D eigenvalue weighted by Gasteiger charge is 2.25. The largest absolute Gasteiger partial charge is 0.444 e. The Kier molecular flexibility index (Phi) is 12.2. The first-order valence-corrected chi connectivity index (χ1v) is 10.6. The minimum atomic E-state index is -0.440. The van der Waals surface area contributed by atoms with Gasteiger partial charge in [0.15, 0.2) is 5.96 Å². The van der Waals surface area contributed by atoms with E-state index in [4.69, 9.17) is 9.47 Å². The van der Waals surface area contributed by atoms with Crippen molar-refractivity contribution in [3.63, 3.8) is 0 Å². The third-order valence-electron chi connectivity index (χ3n) is 4.78. The number of carbonyl (C=O) groups excluding carboxylic acids is 1. The van der Waals surface area contributed by atoms with Crippen LogP contribution in [0.3, 0.4) is 0 Å². The molecule has 2 N–H and O–H groups in total. The predicted molar refractivity (Wildman–Crippen MR) is 127 cm³/mol. The van der Waals surface area contributed by atoms with Crippen molar-refractivity contribution < 1.29 is 14.3 Å². The first kappa shape index (κ1) is 26.2. The molecule has 2 rings (SSSR count). The Morgan fingerprint density at radius 2 is 1.76 bits per heavy atom. The van der Waals surface area contributed by atoms with Crippen LogP contribution in [0.5, 0.6) is 0 Å². The Morgan fingerprint density at radius 1 is 1.10 bits per heavy atom. The maximum absolute atomic E-state index is 12.1. The number of hydrogen-bond donors (Lipinski definition) is 2. The Morgan fingerprint density at radius 3 is 2.34 bits per heavy atom. The molecule has 1 saturated heterocycles. The van der Waals surface area contributed by atoms with Crippen molar-refractivity contribution in [2.45, 2.75) is 45.6 Å². The molecule has 0 atom stereocenters. The molecule has 1 amide bonds. The molecule has 2 fully saturated rings. The smallest absolute Gasteiger partial charge is 0.410 e. The number of nitrogens with one attached hydrogen (secondary N) is 2. The second-order valence-electron chi connectivity index (χ2n) is 8.61. The van der Waals surface area contributed by atoms with Crippen LogP contribution in [0.15, 0.2) is 4.99 Å². The number of guanidine groups is 1. The summed E-state index contributed by atoms with van der Waals surface area (Å²) in [5, 5.41) is 6.68. The highest BCUT2D eigenvalue weighted by Crippen LogP contribution is 2.28. The lowest BCUT2D eigenvalue weighted by molar-refractivity contribution is 0.0147. The normalized spacial score (nSPS) is 18.2. The van der Waals surface area contributed by atoms with Gasteiger partial charge in [-0.25, -0.2) is 4.79 Å². The minimum absolute atomic E-state index is 0. The molecule has 1 heterocycles. The number of ether oxygens (including phenoxy) is 2. The van der Waals surface area contributed by atoms with E-state index < -0.39 is 5.60 Å². The van der Waals surface area contributed by atoms with Gasteiger partial charge in [0, 0.05) is 66.1 Å². The third-order valence-corrected chi connectivity index (χ3v) is 4.78. The SMILES string of the molecule is CN=C(NCCCOCC1CC1)NCCN1CCN(C(=O)OC(C)(C)C)CC1.I. The molecule has 0 spiro atoms. The number of halogens is 1. The molecular weight excluding hydrogens is 485 g/mol. The van der Waals surface area contributed by atoms with Gasteiger partial charge < -0.3 is 25.0 Å². The summed E-state index contributed by atoms with van der Waals surface area (Å²) in [7, 11) is 1.79. The second-order valence-corrected chi connectivity index (χ2v) is 8.61. The van der Waals surface area contributed by atoms with Crippen LogP contribution in [0.1, 0.15) is 40.0 Å². The van der Waals surface area contributed by atoms with Gasteiger partial charge >= 0.3 is 6.09 Å². The number of nitrogens with zero attached hydrogens (tertiary/aromatic N) is 3. The molecule has 0 aromatic rings. The minimum Gasteiger partial charge on any atom is -0.444 e. The summed E-state index contributed by atoms with van der Waals surface area (Å²) >= 11 is 0. The van der Waals surface area contributed by atoms with E-state index in [0.717, 1.165) is 64.2 Å². The van der Waals surface area contributed by atoms with Crippen molar-refractivity contribution in [2.24, 2.45) is 10.9 Å². The van der Waals surface area contributed by atoms with Gasteiger partial charge in [-0.2, -0.15) is 0 Å². The summed E-state index contributed by atoms with van der Waals surface area (Å²) in [6, 6.07) is 0. The number of hydrogen-bond acceptors (Lipinski definition) is 5. The van der Waals surface area contributed by atoms with Crippen molar-refractivity contribution in [3.8, 4) is 0 Å². The molecule has 170 valence electrons. The molecule has 2 aliphatic rings. The molecule has 0 radical (unpaired) electrons. The first-order valence-electron chi connectivity index (χ1n) is 10.6. The molecule has 1 aliphatic carbocycles. The van der Waals surface area contributed by atoms with Crippen LogP contribution >= 0.6 is 24.0 Å². The van der Waals surface area contributed by atoms with Gasteiger partial charge in [-0.05, 0) is 46.0 Å². The fraction of sp³-hybridized carbons (Fsp3) is 0.900. The summed E-state index contributed by atoms with van der Waals surface area (Å²) in [5.74, 6) is 1.66. The summed E-state index contributed by atoms with van der Waals surface area (Å²) in [6.07, 6.45) is 3.45. The maximum Gasteiger partial charge on any atom is 0.410 e. The van der Waals surface area contributed by atoms with E-state index in [1.165, 1.54) is 12.8 Å². The molecule has 0 unspecified atom stereocenters. The summed E-state index contributed by atoms with van der Waals surface area (Å²) in [4.78, 5) is 20.5. The number of carbonyl (C=O) groups is 1. The van der Waals surface area contributed by atoms with Gasteiger partial charge in [0.25, 0.3) is 0 Å². The number of aliphatic imine (C=N–C) groups is 1. The Labute approximate surface area is 193 Å². The van der Waals surface area contributed by atoms with E-state index in [9.17, 15) is 4.79 Å². The van der Waals surface area contributed by atoms with E-state index >= 15 is 0 Å². The topological polar surface area (TPSA) is 78.4 Å². The molecule has 9 heteroatoms. The van der Waals surface area contributed by atoms with Gasteiger partial charge in [-0.15, -0.1) is 24.0 Å². The van der Waals surface area contributed by atoms with Gasteiger partial charge in [-0.1, -0.05) is 0 Å². The lowest BCUT2D eigenvalue weighted by Gasteiger charge is -2.35. The van der Waals surface area contributed by atoms with Crippen LogP contribution in [0.25, 0.3) is 0 Å². The Hall–Kier alpha value is -0.810. The van der Waals surface area contributed by atoms with Crippen molar-refractivity contribution in [2.75, 3.05) is 66.1 Å². The van der Waals surface area contributed by atoms with E-state index in [2.05, 4.69) is 20.5 Å². The van der Waals surface area contributed by atoms with Crippen LogP contribution in [0.2, 0.25) is 0 Å². The van der Waals surface area contributed by atoms with Crippen LogP contribution in [0, 0.1) is 5.92 Å². The zero-order chi connectivity index (χ0) is 20.4. The van der Waals surface area contributed by atoms with E-state index in [1.807, 2.05) is 20.8 Å². The lowest BCUT2D eigenvalue weighted by Crippen LogP contribution is -2.51. The molecule has 1 saturated carbocycles. The Bertz CT molecular complexity index is 501. The molecule has 8 nitrogen and oxygen atoms in total. The number of piperazine rings is 1. The average molecular weight is 525 g/mol. The zero-order valence-electron chi connectivity index (χ0n) is 18.5. The number of amides is 1. The average Bonchev–Trinajstić information content (AvgIpc) is 3.46. The molecule has 1 aliphatic heterocycles. The van der Waals surface area contributed by atoms with E-state index in [-0.39, 0.29) is 30.1 Å². The van der Waals surface area contributed by atoms with Crippen molar-refractivity contribution in [3.05, 3.63) is 0 Å². The molecule has 0 aromatic carbocycles. The van der Waals surface area contributed by atoms with E-state index in [0.29, 0.717) is 13.1 Å². The van der Waals surface area contributed by atoms with Crippen LogP contribution in [-0.2, 0) is 9.47 Å². The number of rotatable bonds is 9. The van der Waals surface area contributed by atoms with Crippen molar-refractivity contribution >= 4 is 36.0 Å². The van der Waals surface area contributed by atoms with Crippen LogP contribution in [-0.4, -0.2) is 93.5 Å². The van der Waals surface area contributed by atoms with Gasteiger partial charge in [0.2, 0.25) is 0 Å². The fourth-order valence-electron chi connectivity index (χ4n) is 2.95. The second kappa shape index (κ2) is 13.5. The highest BCUT2D eigenvalue weighted by atomic mass is 127. The predicted octanol–water partition coefficient (Wildman–Crippen LogP) is 2.14. The summed E-state index contributed by atoms with van der Waals surface area (Å²) in [5.41, 5.74) is -0.440. The van der Waals surface area contributed by atoms with Crippen molar-refractivity contribution in [1.29, 1.82) is 0 Å². The molecular formula is C20H40IN5O3. The lowest BCUT2D eigenvalue weighted by atomic mass is 10.2. The van der Waals surface area contributed by atoms with E-state index in [1.54, 1.807) is 11.9 Å². The van der Waals surface area contributed by atoms with Crippen molar-refractivity contribution in [1.82, 2.24) is 20.4 Å². The summed E-state index contributed by atoms with van der Waals surface area (Å²) < 4.78 is 11.1. The fourth-order valence-corrected chi connectivity index (χ4v) is 2.95. The molecule has 0 bridgehead atoms. The highest BCUT2D eigenvalue weighted by molar-refractivity contribution is 14.0. The van der Waals surface area contributed by atoms with Crippen LogP contribution in [0.4, 0.5) is 4.79 Å². The monoisotopic (exact) mass is 525 g/mol. The Balaban J connectivity index is 0.00000420. The third kappa shape index (κ3) is 11.8. The van der Waals surface area contributed by atoms with Crippen LogP contribution < -0.4 is 10.6 Å². The molecule has 29 heavy (non-hydrogen) atoms. The molecule has 0 aromatic heterocycles. The maximum atomic E-state index is 12.1. The van der Waals surface area contributed by atoms with Gasteiger partial charge in [-0.3, -0.25) is 9.89 Å². The zero-order valence-corrected chi connectivity index (χ0v) is 20.9. The standard InChI is InChI=1S/C20H39N5O3.HI/c1-20(2,3)28-19(26)25-13-11-24(12-14-25)10-9-23-18(21-4)22-8-5-15-27-16-17-6-7-17;/h17H,5-16H2,1-4H3,(H2,21,22,23);1H. The van der Waals surface area contributed by atoms with Gasteiger partial charge in [0.05, 0.1) is 0 Å². The summed E-state index contributed by atoms with van der Waals surface area (Å²) in [6.45, 7) is 13.2. The quantitative estimate of drug-likeness (QED) is 0.208. The first-order chi connectivity index (χ1) is 13.4.